The second-order valence-corrected chi connectivity index (χ2v) is 7.28. The highest BCUT2D eigenvalue weighted by atomic mass is 16.5. The molecule has 1 aliphatic carbocycles. The predicted octanol–water partition coefficient (Wildman–Crippen LogP) is 0.850. The van der Waals surface area contributed by atoms with Gasteiger partial charge in [-0.3, -0.25) is 4.79 Å². The van der Waals surface area contributed by atoms with E-state index in [1.165, 1.54) is 0 Å². The van der Waals surface area contributed by atoms with Crippen LogP contribution in [0.25, 0.3) is 0 Å². The van der Waals surface area contributed by atoms with Crippen LogP contribution in [0.3, 0.4) is 0 Å². The van der Waals surface area contributed by atoms with E-state index >= 15 is 0 Å². The van der Waals surface area contributed by atoms with Crippen LogP contribution in [0.1, 0.15) is 49.1 Å². The summed E-state index contributed by atoms with van der Waals surface area (Å²) in [5.41, 5.74) is 1.71. The number of fused-ring (bicyclic) bond motifs is 1. The Morgan fingerprint density at radius 3 is 2.88 bits per heavy atom. The van der Waals surface area contributed by atoms with Gasteiger partial charge in [-0.2, -0.15) is 4.98 Å². The Bertz CT molecular complexity index is 691. The molecule has 7 nitrogen and oxygen atoms in total. The molecule has 1 aromatic heterocycles. The number of H-pyrrole nitrogens is 1. The fourth-order valence-electron chi connectivity index (χ4n) is 4.47. The lowest BCUT2D eigenvalue weighted by atomic mass is 9.79. The summed E-state index contributed by atoms with van der Waals surface area (Å²) in [6.45, 7) is 4.30. The molecule has 2 N–H and O–H groups in total. The van der Waals surface area contributed by atoms with Crippen LogP contribution in [0.5, 0.6) is 0 Å². The quantitative estimate of drug-likeness (QED) is 0.840. The van der Waals surface area contributed by atoms with Crippen LogP contribution in [-0.2, 0) is 16.0 Å². The molecule has 2 fully saturated rings. The third kappa shape index (κ3) is 3.35. The number of aliphatic hydroxyl groups excluding tert-OH is 1. The zero-order chi connectivity index (χ0) is 18.2. The lowest BCUT2D eigenvalue weighted by Crippen LogP contribution is -2.52. The summed E-state index contributed by atoms with van der Waals surface area (Å²) in [4.78, 5) is 32.7. The van der Waals surface area contributed by atoms with E-state index in [1.807, 2.05) is 11.8 Å². The molecule has 3 rings (SSSR count). The summed E-state index contributed by atoms with van der Waals surface area (Å²) in [7, 11) is 1.71. The molecular weight excluding hydrogens is 322 g/mol. The van der Waals surface area contributed by atoms with Crippen LogP contribution in [0.4, 0.5) is 0 Å². The Morgan fingerprint density at radius 1 is 1.44 bits per heavy atom. The van der Waals surface area contributed by atoms with Crippen LogP contribution < -0.4 is 5.69 Å². The van der Waals surface area contributed by atoms with Crippen molar-refractivity contribution in [1.82, 2.24) is 14.9 Å². The van der Waals surface area contributed by atoms with Gasteiger partial charge in [0, 0.05) is 31.5 Å². The molecule has 1 saturated heterocycles. The van der Waals surface area contributed by atoms with Gasteiger partial charge in [0.15, 0.2) is 0 Å². The summed E-state index contributed by atoms with van der Waals surface area (Å²) < 4.78 is 5.79. The van der Waals surface area contributed by atoms with Crippen molar-refractivity contribution in [2.24, 2.45) is 0 Å². The van der Waals surface area contributed by atoms with Crippen LogP contribution in [0, 0.1) is 13.8 Å². The lowest BCUT2D eigenvalue weighted by molar-refractivity contribution is -0.139. The second-order valence-electron chi connectivity index (χ2n) is 7.28. The van der Waals surface area contributed by atoms with Gasteiger partial charge in [-0.1, -0.05) is 0 Å². The number of aliphatic hydroxyl groups is 1. The number of hydrogen-bond acceptors (Lipinski definition) is 5. The van der Waals surface area contributed by atoms with Gasteiger partial charge >= 0.3 is 5.69 Å². The SMILES string of the molecule is CO[C@]12CC[C@H](O)C[C@H]1N(C(=O)CCc1c(C)nc(=O)[nH]c1C)CC2. The number of aromatic amines is 1. The van der Waals surface area contributed by atoms with Crippen LogP contribution >= 0.6 is 0 Å². The molecule has 0 unspecified atom stereocenters. The van der Waals surface area contributed by atoms with Gasteiger partial charge in [-0.25, -0.2) is 4.79 Å². The number of rotatable bonds is 4. The Hall–Kier alpha value is -1.73. The van der Waals surface area contributed by atoms with Crippen LogP contribution in [0.2, 0.25) is 0 Å². The topological polar surface area (TPSA) is 95.5 Å². The molecule has 2 heterocycles. The van der Waals surface area contributed by atoms with Crippen molar-refractivity contribution in [2.75, 3.05) is 13.7 Å². The first-order chi connectivity index (χ1) is 11.9. The van der Waals surface area contributed by atoms with E-state index in [4.69, 9.17) is 4.74 Å². The number of aromatic nitrogens is 2. The van der Waals surface area contributed by atoms with Gasteiger partial charge < -0.3 is 19.7 Å². The maximum absolute atomic E-state index is 12.8. The van der Waals surface area contributed by atoms with E-state index in [1.54, 1.807) is 14.0 Å². The standard InChI is InChI=1S/C18H27N3O4/c1-11-14(12(2)20-17(24)19-11)4-5-16(23)21-9-8-18(25-3)7-6-13(22)10-15(18)21/h13,15,22H,4-10H2,1-3H3,(H,19,20,24)/t13-,15+,18-/m0/s1. The van der Waals surface area contributed by atoms with Crippen molar-refractivity contribution in [2.45, 2.75) is 70.1 Å². The zero-order valence-corrected chi connectivity index (χ0v) is 15.2. The van der Waals surface area contributed by atoms with E-state index in [0.717, 1.165) is 30.5 Å². The predicted molar refractivity (Wildman–Crippen MR) is 92.4 cm³/mol. The number of carbonyl (C=O) groups excluding carboxylic acids is 1. The van der Waals surface area contributed by atoms with Gasteiger partial charge in [-0.05, 0) is 51.5 Å². The second kappa shape index (κ2) is 6.88. The van der Waals surface area contributed by atoms with Crippen molar-refractivity contribution in [1.29, 1.82) is 0 Å². The average Bonchev–Trinajstić information content (AvgIpc) is 2.93. The maximum atomic E-state index is 12.8. The molecule has 7 heteroatoms. The summed E-state index contributed by atoms with van der Waals surface area (Å²) in [5, 5.41) is 10.0. The van der Waals surface area contributed by atoms with Gasteiger partial charge in [0.1, 0.15) is 0 Å². The minimum absolute atomic E-state index is 0.0513. The number of nitrogens with one attached hydrogen (secondary N) is 1. The Labute approximate surface area is 147 Å². The first-order valence-corrected chi connectivity index (χ1v) is 8.95. The van der Waals surface area contributed by atoms with Crippen molar-refractivity contribution >= 4 is 5.91 Å². The molecular formula is C18H27N3O4. The monoisotopic (exact) mass is 349 g/mol. The molecule has 25 heavy (non-hydrogen) atoms. The average molecular weight is 349 g/mol. The number of nitrogens with zero attached hydrogens (tertiary/aromatic N) is 2. The zero-order valence-electron chi connectivity index (χ0n) is 15.2. The molecule has 3 atom stereocenters. The van der Waals surface area contributed by atoms with E-state index < -0.39 is 0 Å². The molecule has 2 aliphatic rings. The van der Waals surface area contributed by atoms with Crippen molar-refractivity contribution in [3.8, 4) is 0 Å². The number of aryl methyl sites for hydroxylation is 2. The molecule has 0 spiro atoms. The Balaban J connectivity index is 1.71. The van der Waals surface area contributed by atoms with Gasteiger partial charge in [0.25, 0.3) is 0 Å². The first kappa shape index (κ1) is 18.1. The first-order valence-electron chi connectivity index (χ1n) is 8.95. The van der Waals surface area contributed by atoms with Crippen LogP contribution in [-0.4, -0.2) is 57.3 Å². The Kier molecular flexibility index (Phi) is 4.97. The minimum atomic E-state index is -0.366. The molecule has 1 aromatic rings. The minimum Gasteiger partial charge on any atom is -0.393 e. The highest BCUT2D eigenvalue weighted by Gasteiger charge is 2.52. The lowest BCUT2D eigenvalue weighted by Gasteiger charge is -2.42. The number of ether oxygens (including phenoxy) is 1. The molecule has 138 valence electrons. The largest absolute Gasteiger partial charge is 0.393 e. The summed E-state index contributed by atoms with van der Waals surface area (Å²) in [5.74, 6) is 0.0722. The summed E-state index contributed by atoms with van der Waals surface area (Å²) >= 11 is 0. The normalized spacial score (nSPS) is 28.9. The number of likely N-dealkylation sites (tertiary alicyclic amines) is 1. The van der Waals surface area contributed by atoms with E-state index in [2.05, 4.69) is 9.97 Å². The highest BCUT2D eigenvalue weighted by Crippen LogP contribution is 2.42. The van der Waals surface area contributed by atoms with Crippen molar-refractivity contribution in [3.63, 3.8) is 0 Å². The Morgan fingerprint density at radius 2 is 2.20 bits per heavy atom. The molecule has 0 aromatic carbocycles. The van der Waals surface area contributed by atoms with Gasteiger partial charge in [0.05, 0.1) is 17.7 Å². The molecule has 1 aliphatic heterocycles. The number of carbonyl (C=O) groups is 1. The van der Waals surface area contributed by atoms with E-state index in [9.17, 15) is 14.7 Å². The number of hydrogen-bond donors (Lipinski definition) is 2. The maximum Gasteiger partial charge on any atom is 0.345 e. The van der Waals surface area contributed by atoms with Crippen LogP contribution in [0.15, 0.2) is 4.79 Å². The fourth-order valence-corrected chi connectivity index (χ4v) is 4.47. The van der Waals surface area contributed by atoms with E-state index in [0.29, 0.717) is 31.5 Å². The van der Waals surface area contributed by atoms with E-state index in [-0.39, 0.29) is 29.3 Å². The third-order valence-electron chi connectivity index (χ3n) is 5.92. The summed E-state index contributed by atoms with van der Waals surface area (Å²) in [6.07, 6.45) is 3.47. The van der Waals surface area contributed by atoms with Crippen molar-refractivity contribution in [3.05, 3.63) is 27.4 Å². The molecule has 0 radical (unpaired) electrons. The van der Waals surface area contributed by atoms with Crippen molar-refractivity contribution < 1.29 is 14.6 Å². The molecule has 0 bridgehead atoms. The third-order valence-corrected chi connectivity index (χ3v) is 5.92. The van der Waals surface area contributed by atoms with Gasteiger partial charge in [-0.15, -0.1) is 0 Å². The number of amides is 1. The summed E-state index contributed by atoms with van der Waals surface area (Å²) in [6, 6.07) is -0.0513. The molecule has 1 saturated carbocycles. The fraction of sp³-hybridized carbons (Fsp3) is 0.722. The molecule has 1 amide bonds. The highest BCUT2D eigenvalue weighted by molar-refractivity contribution is 5.77. The smallest absolute Gasteiger partial charge is 0.345 e. The number of methoxy groups -OCH3 is 1. The van der Waals surface area contributed by atoms with Gasteiger partial charge in [0.2, 0.25) is 5.91 Å².